The highest BCUT2D eigenvalue weighted by atomic mass is 31.2. The van der Waals surface area contributed by atoms with Crippen LogP contribution in [0.4, 0.5) is 4.39 Å². The van der Waals surface area contributed by atoms with Gasteiger partial charge in [-0.2, -0.15) is 0 Å². The summed E-state index contributed by atoms with van der Waals surface area (Å²) in [7, 11) is -2.28. The summed E-state index contributed by atoms with van der Waals surface area (Å²) >= 11 is 0. The van der Waals surface area contributed by atoms with Crippen molar-refractivity contribution in [3.05, 3.63) is 0 Å². The number of halogens is 1. The third-order valence-corrected chi connectivity index (χ3v) is 2.65. The van der Waals surface area contributed by atoms with Crippen molar-refractivity contribution in [2.45, 2.75) is 24.4 Å². The number of hydrogen-bond acceptors (Lipinski definition) is 4. The summed E-state index contributed by atoms with van der Waals surface area (Å²) in [6.07, 6.45) is -3.54. The smallest absolute Gasteiger partial charge is 0.325 e. The minimum absolute atomic E-state index is 0.435. The highest BCUT2D eigenvalue weighted by Crippen LogP contribution is 2.42. The fourth-order valence-electron chi connectivity index (χ4n) is 1.40. The molecule has 0 saturated carbocycles. The third-order valence-electron chi connectivity index (χ3n) is 2.02. The van der Waals surface area contributed by atoms with Crippen LogP contribution in [0.3, 0.4) is 0 Å². The molecule has 1 aliphatic rings. The molecule has 82 valence electrons. The zero-order chi connectivity index (χ0) is 10.9. The normalized spacial score (nSPS) is 42.3. The van der Waals surface area contributed by atoms with E-state index in [-0.39, 0.29) is 0 Å². The van der Waals surface area contributed by atoms with Gasteiger partial charge in [-0.15, -0.1) is 0 Å². The quantitative estimate of drug-likeness (QED) is 0.470. The Morgan fingerprint density at radius 1 is 1.71 bits per heavy atom. The first-order valence-corrected chi connectivity index (χ1v) is 6.26. The van der Waals surface area contributed by atoms with Crippen LogP contribution in [0, 0.1) is 0 Å². The molecule has 0 aliphatic carbocycles. The largest absolute Gasteiger partial charge is 0.394 e. The lowest BCUT2D eigenvalue weighted by Gasteiger charge is -2.19. The second kappa shape index (κ2) is 4.29. The van der Waals surface area contributed by atoms with Crippen LogP contribution < -0.4 is 0 Å². The van der Waals surface area contributed by atoms with Crippen LogP contribution in [0.15, 0.2) is 0 Å². The van der Waals surface area contributed by atoms with Crippen LogP contribution in [0.5, 0.6) is 0 Å². The Morgan fingerprint density at radius 2 is 2.29 bits per heavy atom. The van der Waals surface area contributed by atoms with Crippen molar-refractivity contribution >= 4 is 15.4 Å². The molecular weight excluding hydrogens is 213 g/mol. The van der Waals surface area contributed by atoms with Crippen LogP contribution in [0.25, 0.3) is 0 Å². The summed E-state index contributed by atoms with van der Waals surface area (Å²) < 4.78 is 33.9. The zero-order valence-corrected chi connectivity index (χ0v) is 8.86. The number of aliphatic hydroxyl groups excluding tert-OH is 1. The minimum Gasteiger partial charge on any atom is -0.394 e. The molecule has 1 saturated heterocycles. The molecule has 0 amide bonds. The molecule has 8 heteroatoms. The van der Waals surface area contributed by atoms with E-state index in [2.05, 4.69) is 4.52 Å². The Balaban J connectivity index is 2.69. The van der Waals surface area contributed by atoms with Gasteiger partial charge in [0.15, 0.2) is 0 Å². The molecule has 5 atom stereocenters. The van der Waals surface area contributed by atoms with Gasteiger partial charge in [0.1, 0.15) is 26.2 Å². The van der Waals surface area contributed by atoms with E-state index in [1.165, 1.54) is 7.85 Å². The van der Waals surface area contributed by atoms with Gasteiger partial charge in [0.25, 0.3) is 0 Å². The Kier molecular flexibility index (Phi) is 3.72. The summed E-state index contributed by atoms with van der Waals surface area (Å²) in [5.41, 5.74) is 0. The second-order valence-electron chi connectivity index (χ2n) is 3.38. The van der Waals surface area contributed by atoms with E-state index < -0.39 is 38.6 Å². The van der Waals surface area contributed by atoms with Crippen LogP contribution in [-0.4, -0.2) is 55.5 Å². The molecule has 1 aliphatic heterocycles. The first-order valence-electron chi connectivity index (χ1n) is 4.24. The highest BCUT2D eigenvalue weighted by Gasteiger charge is 2.45. The molecule has 1 heterocycles. The van der Waals surface area contributed by atoms with Gasteiger partial charge >= 0.3 is 7.60 Å². The number of alkyl halides is 1. The average molecular weight is 226 g/mol. The first kappa shape index (κ1) is 12.1. The van der Waals surface area contributed by atoms with Crippen molar-refractivity contribution in [3.8, 4) is 0 Å². The molecule has 14 heavy (non-hydrogen) atoms. The van der Waals surface area contributed by atoms with Gasteiger partial charge in [-0.25, -0.2) is 4.39 Å². The summed E-state index contributed by atoms with van der Waals surface area (Å²) in [5.74, 6) is 0. The molecule has 0 bridgehead atoms. The SMILES string of the molecule is B[C@@H]1O[C@H](CO)C(O[P@@](C)(=O)O)C1F. The Bertz CT molecular complexity index is 246. The molecule has 0 aromatic rings. The van der Waals surface area contributed by atoms with Gasteiger partial charge in [-0.1, -0.05) is 0 Å². The number of rotatable bonds is 3. The average Bonchev–Trinajstić information content (AvgIpc) is 2.30. The summed E-state index contributed by atoms with van der Waals surface area (Å²) in [6.45, 7) is 0.534. The molecule has 0 radical (unpaired) electrons. The first-order chi connectivity index (χ1) is 6.35. The zero-order valence-electron chi connectivity index (χ0n) is 7.96. The molecule has 5 nitrogen and oxygen atoms in total. The lowest BCUT2D eigenvalue weighted by Crippen LogP contribution is -2.33. The fraction of sp³-hybridized carbons (Fsp3) is 1.00. The van der Waals surface area contributed by atoms with Gasteiger partial charge in [0.2, 0.25) is 0 Å². The summed E-state index contributed by atoms with van der Waals surface area (Å²) in [4.78, 5) is 8.92. The molecule has 0 spiro atoms. The third kappa shape index (κ3) is 2.78. The topological polar surface area (TPSA) is 76.0 Å². The van der Waals surface area contributed by atoms with Crippen LogP contribution in [-0.2, 0) is 13.8 Å². The van der Waals surface area contributed by atoms with E-state index in [4.69, 9.17) is 14.7 Å². The number of ether oxygens (including phenoxy) is 1. The van der Waals surface area contributed by atoms with Gasteiger partial charge in [-0.05, 0) is 0 Å². The predicted molar refractivity (Wildman–Crippen MR) is 49.8 cm³/mol. The van der Waals surface area contributed by atoms with Gasteiger partial charge in [-0.3, -0.25) is 9.09 Å². The Labute approximate surface area is 82.2 Å². The maximum Gasteiger partial charge on any atom is 0.325 e. The molecule has 1 rings (SSSR count). The van der Waals surface area contributed by atoms with Gasteiger partial charge in [0, 0.05) is 6.66 Å². The summed E-state index contributed by atoms with van der Waals surface area (Å²) in [5, 5.41) is 8.83. The number of aliphatic hydroxyl groups is 1. The molecule has 0 aromatic heterocycles. The van der Waals surface area contributed by atoms with E-state index in [1.54, 1.807) is 0 Å². The Hall–Kier alpha value is 0.0649. The van der Waals surface area contributed by atoms with Crippen LogP contribution in [0.1, 0.15) is 0 Å². The van der Waals surface area contributed by atoms with E-state index in [0.717, 1.165) is 6.66 Å². The number of hydrogen-bond donors (Lipinski definition) is 2. The van der Waals surface area contributed by atoms with E-state index >= 15 is 0 Å². The predicted octanol–water partition coefficient (Wildman–Crippen LogP) is -1.12. The standard InChI is InChI=1S/C6H13BFO5P/c1-14(10,11)13-5-3(2-9)12-6(7)4(5)8/h3-6,9H,2,7H2,1H3,(H,10,11)/t3-,4?,5?,6-/m1/s1. The van der Waals surface area contributed by atoms with Crippen molar-refractivity contribution in [1.82, 2.24) is 0 Å². The maximum absolute atomic E-state index is 13.4. The maximum atomic E-state index is 13.4. The molecule has 0 aromatic carbocycles. The summed E-state index contributed by atoms with van der Waals surface area (Å²) in [6, 6.07) is -0.733. The van der Waals surface area contributed by atoms with Crippen molar-refractivity contribution in [1.29, 1.82) is 0 Å². The van der Waals surface area contributed by atoms with Crippen molar-refractivity contribution in [2.24, 2.45) is 0 Å². The van der Waals surface area contributed by atoms with E-state index in [9.17, 15) is 8.96 Å². The molecule has 1 fully saturated rings. The van der Waals surface area contributed by atoms with E-state index in [1.807, 2.05) is 0 Å². The highest BCUT2D eigenvalue weighted by molar-refractivity contribution is 7.51. The van der Waals surface area contributed by atoms with Crippen molar-refractivity contribution in [2.75, 3.05) is 13.3 Å². The van der Waals surface area contributed by atoms with E-state index in [0.29, 0.717) is 0 Å². The van der Waals surface area contributed by atoms with Crippen LogP contribution >= 0.6 is 7.60 Å². The molecular formula is C6H13BFO5P. The van der Waals surface area contributed by atoms with Gasteiger partial charge < -0.3 is 14.7 Å². The monoisotopic (exact) mass is 226 g/mol. The second-order valence-corrected chi connectivity index (χ2v) is 5.20. The fourth-order valence-corrected chi connectivity index (χ4v) is 2.10. The van der Waals surface area contributed by atoms with Gasteiger partial charge in [0.05, 0.1) is 12.6 Å². The molecule has 2 unspecified atom stereocenters. The minimum atomic E-state index is -3.76. The lowest BCUT2D eigenvalue weighted by atomic mass is 9.94. The Morgan fingerprint density at radius 3 is 2.71 bits per heavy atom. The lowest BCUT2D eigenvalue weighted by molar-refractivity contribution is 0.000581. The van der Waals surface area contributed by atoms with Crippen molar-refractivity contribution < 1.29 is 28.2 Å². The van der Waals surface area contributed by atoms with Crippen LogP contribution in [0.2, 0.25) is 0 Å². The molecule has 2 N–H and O–H groups in total. The van der Waals surface area contributed by atoms with Crippen molar-refractivity contribution in [3.63, 3.8) is 0 Å².